The molecular formula is C15H18N4O2. The van der Waals surface area contributed by atoms with Gasteiger partial charge >= 0.3 is 0 Å². The number of ether oxygens (including phenoxy) is 1. The zero-order valence-corrected chi connectivity index (χ0v) is 12.2. The molecule has 0 aliphatic carbocycles. The van der Waals surface area contributed by atoms with E-state index in [1.165, 1.54) is 0 Å². The van der Waals surface area contributed by atoms with Crippen LogP contribution in [0.2, 0.25) is 0 Å². The number of rotatable bonds is 3. The zero-order valence-electron chi connectivity index (χ0n) is 12.2. The average Bonchev–Trinajstić information content (AvgIpc) is 2.89. The fourth-order valence-corrected chi connectivity index (χ4v) is 2.92. The Morgan fingerprint density at radius 2 is 2.33 bits per heavy atom. The fourth-order valence-electron chi connectivity index (χ4n) is 2.92. The van der Waals surface area contributed by atoms with Gasteiger partial charge in [0.1, 0.15) is 0 Å². The third-order valence-electron chi connectivity index (χ3n) is 3.82. The quantitative estimate of drug-likeness (QED) is 0.850. The Hall–Kier alpha value is -2.21. The lowest BCUT2D eigenvalue weighted by Crippen LogP contribution is -2.40. The first-order valence-electron chi connectivity index (χ1n) is 6.89. The molecule has 0 unspecified atom stereocenters. The van der Waals surface area contributed by atoms with E-state index in [2.05, 4.69) is 10.1 Å². The molecule has 21 heavy (non-hydrogen) atoms. The molecule has 0 radical (unpaired) electrons. The summed E-state index contributed by atoms with van der Waals surface area (Å²) in [5, 5.41) is 4.31. The van der Waals surface area contributed by atoms with Gasteiger partial charge in [-0.25, -0.2) is 0 Å². The first kappa shape index (κ1) is 13.8. The monoisotopic (exact) mass is 286 g/mol. The number of amides is 1. The van der Waals surface area contributed by atoms with Gasteiger partial charge in [0, 0.05) is 51.1 Å². The number of carbonyl (C=O) groups is 1. The number of fused-ring (bicyclic) bond motifs is 1. The van der Waals surface area contributed by atoms with Crippen LogP contribution in [0.3, 0.4) is 0 Å². The molecular weight excluding hydrogens is 268 g/mol. The van der Waals surface area contributed by atoms with Gasteiger partial charge in [-0.15, -0.1) is 0 Å². The number of nitrogens with zero attached hydrogens (tertiary/aromatic N) is 4. The molecule has 0 saturated carbocycles. The summed E-state index contributed by atoms with van der Waals surface area (Å²) in [5.74, 6) is 0.144. The van der Waals surface area contributed by atoms with Crippen LogP contribution in [0.1, 0.15) is 27.5 Å². The Morgan fingerprint density at radius 1 is 1.48 bits per heavy atom. The lowest BCUT2D eigenvalue weighted by atomic mass is 9.96. The van der Waals surface area contributed by atoms with E-state index in [-0.39, 0.29) is 11.8 Å². The second kappa shape index (κ2) is 5.65. The Bertz CT molecular complexity index is 638. The maximum absolute atomic E-state index is 12.6. The Labute approximate surface area is 123 Å². The minimum absolute atomic E-state index is 0.00120. The van der Waals surface area contributed by atoms with Crippen molar-refractivity contribution in [3.63, 3.8) is 0 Å². The van der Waals surface area contributed by atoms with E-state index in [4.69, 9.17) is 4.74 Å². The van der Waals surface area contributed by atoms with Gasteiger partial charge in [-0.3, -0.25) is 14.5 Å². The number of hydrogen-bond acceptors (Lipinski definition) is 4. The van der Waals surface area contributed by atoms with E-state index < -0.39 is 0 Å². The van der Waals surface area contributed by atoms with E-state index in [1.807, 2.05) is 22.8 Å². The molecule has 1 amide bonds. The zero-order chi connectivity index (χ0) is 14.8. The molecule has 0 saturated heterocycles. The topological polar surface area (TPSA) is 60.2 Å². The van der Waals surface area contributed by atoms with Crippen LogP contribution in [0.25, 0.3) is 0 Å². The number of hydrogen-bond donors (Lipinski definition) is 0. The molecule has 2 aromatic heterocycles. The van der Waals surface area contributed by atoms with E-state index in [0.29, 0.717) is 25.3 Å². The summed E-state index contributed by atoms with van der Waals surface area (Å²) in [6, 6.07) is 3.57. The highest BCUT2D eigenvalue weighted by Gasteiger charge is 2.31. The lowest BCUT2D eigenvalue weighted by molar-refractivity contribution is 0.0675. The SMILES string of the molecule is COC[C@@H]1CN(C(=O)c2cccnc2)Cc2cnn(C)c21. The molecule has 1 aliphatic rings. The van der Waals surface area contributed by atoms with Gasteiger partial charge in [-0.2, -0.15) is 5.10 Å². The molecule has 6 heteroatoms. The van der Waals surface area contributed by atoms with E-state index in [1.54, 1.807) is 31.6 Å². The standard InChI is InChI=1S/C15H18N4O2/c1-18-14-12(7-17-18)8-19(9-13(14)10-21-2)15(20)11-4-3-5-16-6-11/h3-7,13H,8-10H2,1-2H3/t13-/m0/s1. The lowest BCUT2D eigenvalue weighted by Gasteiger charge is -2.32. The summed E-state index contributed by atoms with van der Waals surface area (Å²) in [6.07, 6.45) is 5.10. The van der Waals surface area contributed by atoms with E-state index >= 15 is 0 Å². The van der Waals surface area contributed by atoms with Crippen LogP contribution < -0.4 is 0 Å². The van der Waals surface area contributed by atoms with Crippen molar-refractivity contribution < 1.29 is 9.53 Å². The number of aromatic nitrogens is 3. The van der Waals surface area contributed by atoms with Crippen LogP contribution >= 0.6 is 0 Å². The molecule has 0 aromatic carbocycles. The van der Waals surface area contributed by atoms with Gasteiger partial charge in [-0.1, -0.05) is 0 Å². The Morgan fingerprint density at radius 3 is 3.05 bits per heavy atom. The van der Waals surface area contributed by atoms with Gasteiger partial charge < -0.3 is 9.64 Å². The van der Waals surface area contributed by atoms with Gasteiger partial charge in [0.05, 0.1) is 24.1 Å². The van der Waals surface area contributed by atoms with Gasteiger partial charge in [0.25, 0.3) is 5.91 Å². The summed E-state index contributed by atoms with van der Waals surface area (Å²) in [5.41, 5.74) is 2.86. The molecule has 2 aromatic rings. The van der Waals surface area contributed by atoms with Gasteiger partial charge in [0.15, 0.2) is 0 Å². The van der Waals surface area contributed by atoms with Crippen molar-refractivity contribution >= 4 is 5.91 Å². The third-order valence-corrected chi connectivity index (χ3v) is 3.82. The van der Waals surface area contributed by atoms with Crippen LogP contribution in [0.15, 0.2) is 30.7 Å². The van der Waals surface area contributed by atoms with Crippen LogP contribution in [0, 0.1) is 0 Å². The fraction of sp³-hybridized carbons (Fsp3) is 0.400. The van der Waals surface area contributed by atoms with Crippen molar-refractivity contribution in [2.24, 2.45) is 7.05 Å². The van der Waals surface area contributed by atoms with Gasteiger partial charge in [0.2, 0.25) is 0 Å². The molecule has 1 aliphatic heterocycles. The summed E-state index contributed by atoms with van der Waals surface area (Å²) in [6.45, 7) is 1.79. The van der Waals surface area contributed by atoms with Crippen LogP contribution in [-0.4, -0.2) is 45.8 Å². The molecule has 0 spiro atoms. The van der Waals surface area contributed by atoms with Gasteiger partial charge in [-0.05, 0) is 12.1 Å². The average molecular weight is 286 g/mol. The molecule has 6 nitrogen and oxygen atoms in total. The molecule has 3 heterocycles. The first-order valence-corrected chi connectivity index (χ1v) is 6.89. The predicted molar refractivity (Wildman–Crippen MR) is 76.8 cm³/mol. The molecule has 3 rings (SSSR count). The summed E-state index contributed by atoms with van der Waals surface area (Å²) >= 11 is 0. The molecule has 0 fully saturated rings. The van der Waals surface area contributed by atoms with Crippen molar-refractivity contribution in [2.45, 2.75) is 12.5 Å². The summed E-state index contributed by atoms with van der Waals surface area (Å²) in [4.78, 5) is 18.4. The second-order valence-electron chi connectivity index (χ2n) is 5.26. The van der Waals surface area contributed by atoms with E-state index in [0.717, 1.165) is 11.3 Å². The Kier molecular flexibility index (Phi) is 3.70. The smallest absolute Gasteiger partial charge is 0.255 e. The minimum Gasteiger partial charge on any atom is -0.384 e. The van der Waals surface area contributed by atoms with Crippen LogP contribution in [-0.2, 0) is 18.3 Å². The van der Waals surface area contributed by atoms with Crippen molar-refractivity contribution in [1.82, 2.24) is 19.7 Å². The van der Waals surface area contributed by atoms with Crippen molar-refractivity contribution in [2.75, 3.05) is 20.3 Å². The van der Waals surface area contributed by atoms with Crippen LogP contribution in [0.5, 0.6) is 0 Å². The maximum Gasteiger partial charge on any atom is 0.255 e. The first-order chi connectivity index (χ1) is 10.2. The number of methoxy groups -OCH3 is 1. The molecule has 1 atom stereocenters. The highest BCUT2D eigenvalue weighted by atomic mass is 16.5. The highest BCUT2D eigenvalue weighted by molar-refractivity contribution is 5.94. The number of pyridine rings is 1. The molecule has 0 bridgehead atoms. The molecule has 0 N–H and O–H groups in total. The highest BCUT2D eigenvalue weighted by Crippen LogP contribution is 2.28. The number of aryl methyl sites for hydroxylation is 1. The van der Waals surface area contributed by atoms with Crippen molar-refractivity contribution in [3.8, 4) is 0 Å². The minimum atomic E-state index is -0.00120. The second-order valence-corrected chi connectivity index (χ2v) is 5.26. The Balaban J connectivity index is 1.88. The van der Waals surface area contributed by atoms with Crippen LogP contribution in [0.4, 0.5) is 0 Å². The largest absolute Gasteiger partial charge is 0.384 e. The third kappa shape index (κ3) is 2.54. The molecule has 110 valence electrons. The van der Waals surface area contributed by atoms with Crippen molar-refractivity contribution in [1.29, 1.82) is 0 Å². The number of carbonyl (C=O) groups excluding carboxylic acids is 1. The van der Waals surface area contributed by atoms with Crippen molar-refractivity contribution in [3.05, 3.63) is 47.5 Å². The normalized spacial score (nSPS) is 17.6. The summed E-state index contributed by atoms with van der Waals surface area (Å²) in [7, 11) is 3.61. The summed E-state index contributed by atoms with van der Waals surface area (Å²) < 4.78 is 7.18. The van der Waals surface area contributed by atoms with E-state index in [9.17, 15) is 4.79 Å². The maximum atomic E-state index is 12.6. The predicted octanol–water partition coefficient (Wildman–Crippen LogP) is 1.20.